The fourth-order valence-corrected chi connectivity index (χ4v) is 4.57. The van der Waals surface area contributed by atoms with E-state index >= 15 is 0 Å². The predicted molar refractivity (Wildman–Crippen MR) is 97.7 cm³/mol. The number of nitrogens with zero attached hydrogens (tertiary/aromatic N) is 1. The van der Waals surface area contributed by atoms with Crippen molar-refractivity contribution in [3.63, 3.8) is 0 Å². The lowest BCUT2D eigenvalue weighted by Gasteiger charge is -2.24. The smallest absolute Gasteiger partial charge is 0.228 e. The van der Waals surface area contributed by atoms with Gasteiger partial charge < -0.3 is 9.64 Å². The number of methoxy groups -OCH3 is 1. The van der Waals surface area contributed by atoms with E-state index in [4.69, 9.17) is 4.74 Å². The largest absolute Gasteiger partial charge is 0.496 e. The summed E-state index contributed by atoms with van der Waals surface area (Å²) in [7, 11) is 1.62. The molecule has 0 aromatic heterocycles. The van der Waals surface area contributed by atoms with E-state index in [2.05, 4.69) is 15.9 Å². The summed E-state index contributed by atoms with van der Waals surface area (Å²) < 4.78 is 19.9. The minimum atomic E-state index is -0.332. The summed E-state index contributed by atoms with van der Waals surface area (Å²) in [4.78, 5) is 14.5. The van der Waals surface area contributed by atoms with Gasteiger partial charge in [-0.05, 0) is 45.3 Å². The van der Waals surface area contributed by atoms with Gasteiger partial charge in [-0.3, -0.25) is 4.79 Å². The number of rotatable bonds is 4. The standard InChI is InChI=1S/C18H17BrFNO2S/c1-23-16-7-6-13(10-14(16)19)18-21(8-9-24-18)17(22)11-12-4-2-3-5-15(12)20/h2-7,10,18H,8-9,11H2,1H3. The van der Waals surface area contributed by atoms with Crippen LogP contribution in [0.3, 0.4) is 0 Å². The van der Waals surface area contributed by atoms with Crippen molar-refractivity contribution in [2.24, 2.45) is 0 Å². The van der Waals surface area contributed by atoms with Crippen LogP contribution in [-0.2, 0) is 11.2 Å². The molecule has 0 radical (unpaired) electrons. The number of carbonyl (C=O) groups excluding carboxylic acids is 1. The van der Waals surface area contributed by atoms with Crippen molar-refractivity contribution >= 4 is 33.6 Å². The Bertz CT molecular complexity index is 756. The van der Waals surface area contributed by atoms with Crippen LogP contribution in [-0.4, -0.2) is 30.2 Å². The van der Waals surface area contributed by atoms with Gasteiger partial charge in [-0.1, -0.05) is 24.3 Å². The van der Waals surface area contributed by atoms with Gasteiger partial charge in [0.1, 0.15) is 16.9 Å². The summed E-state index contributed by atoms with van der Waals surface area (Å²) in [5.74, 6) is 1.24. The van der Waals surface area contributed by atoms with Crippen LogP contribution in [0.5, 0.6) is 5.75 Å². The van der Waals surface area contributed by atoms with E-state index in [0.29, 0.717) is 12.1 Å². The molecule has 0 aliphatic carbocycles. The molecule has 1 aliphatic rings. The summed E-state index contributed by atoms with van der Waals surface area (Å²) in [6.45, 7) is 0.673. The van der Waals surface area contributed by atoms with Gasteiger partial charge >= 0.3 is 0 Å². The number of halogens is 2. The Hall–Kier alpha value is -1.53. The van der Waals surface area contributed by atoms with Crippen LogP contribution in [0.1, 0.15) is 16.5 Å². The first-order chi connectivity index (χ1) is 11.6. The normalized spacial score (nSPS) is 17.1. The predicted octanol–water partition coefficient (Wildman–Crippen LogP) is 4.41. The number of hydrogen-bond acceptors (Lipinski definition) is 3. The Morgan fingerprint density at radius 1 is 1.38 bits per heavy atom. The van der Waals surface area contributed by atoms with Crippen molar-refractivity contribution in [3.8, 4) is 5.75 Å². The van der Waals surface area contributed by atoms with Crippen molar-refractivity contribution < 1.29 is 13.9 Å². The first-order valence-corrected chi connectivity index (χ1v) is 9.42. The Morgan fingerprint density at radius 2 is 2.17 bits per heavy atom. The molecule has 0 spiro atoms. The van der Waals surface area contributed by atoms with Gasteiger partial charge in [0.15, 0.2) is 0 Å². The summed E-state index contributed by atoms with van der Waals surface area (Å²) in [5.41, 5.74) is 1.47. The number of thioether (sulfide) groups is 1. The molecule has 1 saturated heterocycles. The van der Waals surface area contributed by atoms with Crippen molar-refractivity contribution in [3.05, 3.63) is 63.9 Å². The molecule has 2 aromatic carbocycles. The van der Waals surface area contributed by atoms with Crippen LogP contribution in [0.15, 0.2) is 46.9 Å². The molecule has 126 valence electrons. The van der Waals surface area contributed by atoms with Gasteiger partial charge in [-0.25, -0.2) is 4.39 Å². The highest BCUT2D eigenvalue weighted by molar-refractivity contribution is 9.10. The molecule has 24 heavy (non-hydrogen) atoms. The minimum Gasteiger partial charge on any atom is -0.496 e. The van der Waals surface area contributed by atoms with Crippen LogP contribution in [0, 0.1) is 5.82 Å². The van der Waals surface area contributed by atoms with Crippen molar-refractivity contribution in [1.82, 2.24) is 4.90 Å². The lowest BCUT2D eigenvalue weighted by molar-refractivity contribution is -0.130. The third kappa shape index (κ3) is 3.59. The molecule has 3 rings (SSSR count). The fourth-order valence-electron chi connectivity index (χ4n) is 2.74. The minimum absolute atomic E-state index is 0.0496. The van der Waals surface area contributed by atoms with Gasteiger partial charge in [0, 0.05) is 12.3 Å². The second-order valence-electron chi connectivity index (χ2n) is 5.47. The zero-order valence-corrected chi connectivity index (χ0v) is 15.6. The van der Waals surface area contributed by atoms with Gasteiger partial charge in [0.25, 0.3) is 0 Å². The monoisotopic (exact) mass is 409 g/mol. The molecule has 3 nitrogen and oxygen atoms in total. The van der Waals surface area contributed by atoms with E-state index in [1.807, 2.05) is 23.1 Å². The molecule has 1 fully saturated rings. The topological polar surface area (TPSA) is 29.5 Å². The van der Waals surface area contributed by atoms with Crippen LogP contribution in [0.4, 0.5) is 4.39 Å². The van der Waals surface area contributed by atoms with E-state index in [-0.39, 0.29) is 23.5 Å². The summed E-state index contributed by atoms with van der Waals surface area (Å²) in [5, 5.41) is -0.0496. The molecule has 2 aromatic rings. The van der Waals surface area contributed by atoms with E-state index < -0.39 is 0 Å². The molecule has 0 bridgehead atoms. The van der Waals surface area contributed by atoms with E-state index in [0.717, 1.165) is 21.5 Å². The van der Waals surface area contributed by atoms with Gasteiger partial charge in [0.2, 0.25) is 5.91 Å². The highest BCUT2D eigenvalue weighted by Gasteiger charge is 2.31. The molecule has 1 heterocycles. The molecule has 1 aliphatic heterocycles. The Kier molecular flexibility index (Phi) is 5.46. The second kappa shape index (κ2) is 7.57. The quantitative estimate of drug-likeness (QED) is 0.748. The lowest BCUT2D eigenvalue weighted by atomic mass is 10.1. The highest BCUT2D eigenvalue weighted by atomic mass is 79.9. The van der Waals surface area contributed by atoms with Gasteiger partial charge in [-0.15, -0.1) is 11.8 Å². The highest BCUT2D eigenvalue weighted by Crippen LogP contribution is 2.40. The summed E-state index contributed by atoms with van der Waals surface area (Å²) in [6.07, 6.45) is 0.0844. The zero-order valence-electron chi connectivity index (χ0n) is 13.2. The van der Waals surface area contributed by atoms with Gasteiger partial charge in [-0.2, -0.15) is 0 Å². The maximum absolute atomic E-state index is 13.8. The third-order valence-electron chi connectivity index (χ3n) is 3.97. The number of benzene rings is 2. The van der Waals surface area contributed by atoms with Crippen molar-refractivity contribution in [1.29, 1.82) is 0 Å². The van der Waals surface area contributed by atoms with E-state index in [9.17, 15) is 9.18 Å². The van der Waals surface area contributed by atoms with Crippen LogP contribution >= 0.6 is 27.7 Å². The number of ether oxygens (including phenoxy) is 1. The SMILES string of the molecule is COc1ccc(C2SCCN2C(=O)Cc2ccccc2F)cc1Br. The zero-order chi connectivity index (χ0) is 17.1. The number of carbonyl (C=O) groups is 1. The summed E-state index contributed by atoms with van der Waals surface area (Å²) >= 11 is 5.21. The molecule has 1 unspecified atom stereocenters. The fraction of sp³-hybridized carbons (Fsp3) is 0.278. The molecule has 1 amide bonds. The maximum Gasteiger partial charge on any atom is 0.228 e. The van der Waals surface area contributed by atoms with Crippen LogP contribution in [0.2, 0.25) is 0 Å². The molecule has 0 saturated carbocycles. The molecule has 6 heteroatoms. The Morgan fingerprint density at radius 3 is 2.88 bits per heavy atom. The van der Waals surface area contributed by atoms with Crippen LogP contribution in [0.25, 0.3) is 0 Å². The lowest BCUT2D eigenvalue weighted by Crippen LogP contribution is -2.31. The van der Waals surface area contributed by atoms with Crippen molar-refractivity contribution in [2.75, 3.05) is 19.4 Å². The average molecular weight is 410 g/mol. The molecule has 0 N–H and O–H groups in total. The van der Waals surface area contributed by atoms with E-state index in [1.54, 1.807) is 37.1 Å². The molecule has 1 atom stereocenters. The maximum atomic E-state index is 13.8. The first kappa shape index (κ1) is 17.3. The van der Waals surface area contributed by atoms with E-state index in [1.165, 1.54) is 6.07 Å². The number of amides is 1. The third-order valence-corrected chi connectivity index (χ3v) is 5.85. The Labute approximate surface area is 153 Å². The van der Waals surface area contributed by atoms with Crippen molar-refractivity contribution in [2.45, 2.75) is 11.8 Å². The Balaban J connectivity index is 1.79. The number of hydrogen-bond donors (Lipinski definition) is 0. The molecular weight excluding hydrogens is 393 g/mol. The van der Waals surface area contributed by atoms with Crippen LogP contribution < -0.4 is 4.74 Å². The second-order valence-corrected chi connectivity index (χ2v) is 7.51. The molecular formula is C18H17BrFNO2S. The van der Waals surface area contributed by atoms with Gasteiger partial charge in [0.05, 0.1) is 18.0 Å². The average Bonchev–Trinajstić information content (AvgIpc) is 3.06. The first-order valence-electron chi connectivity index (χ1n) is 7.58. The summed E-state index contributed by atoms with van der Waals surface area (Å²) in [6, 6.07) is 12.3.